The van der Waals surface area contributed by atoms with Gasteiger partial charge in [-0.15, -0.1) is 0 Å². The number of hydrogen-bond donors (Lipinski definition) is 2. The summed E-state index contributed by atoms with van der Waals surface area (Å²) in [4.78, 5) is 24.4. The van der Waals surface area contributed by atoms with Crippen molar-refractivity contribution in [2.45, 2.75) is 6.42 Å². The lowest BCUT2D eigenvalue weighted by molar-refractivity contribution is -0.126. The molecule has 27 heavy (non-hydrogen) atoms. The maximum absolute atomic E-state index is 12.4. The van der Waals surface area contributed by atoms with E-state index in [1.54, 1.807) is 31.4 Å². The largest absolute Gasteiger partial charge is 0.493 e. The predicted molar refractivity (Wildman–Crippen MR) is 102 cm³/mol. The van der Waals surface area contributed by atoms with Crippen molar-refractivity contribution in [2.24, 2.45) is 5.92 Å². The number of methoxy groups -OCH3 is 1. The van der Waals surface area contributed by atoms with E-state index >= 15 is 0 Å². The monoisotopic (exact) mass is 388 g/mol. The predicted octanol–water partition coefficient (Wildman–Crippen LogP) is 2.45. The number of ether oxygens (including phenoxy) is 2. The number of amides is 2. The molecule has 0 aliphatic carbocycles. The van der Waals surface area contributed by atoms with Gasteiger partial charge >= 0.3 is 0 Å². The molecule has 0 saturated carbocycles. The summed E-state index contributed by atoms with van der Waals surface area (Å²) in [6.07, 6.45) is 0.588. The number of fused-ring (bicyclic) bond motifs is 1. The van der Waals surface area contributed by atoms with Crippen molar-refractivity contribution in [3.63, 3.8) is 0 Å². The Hall–Kier alpha value is -2.73. The van der Waals surface area contributed by atoms with Gasteiger partial charge in [-0.1, -0.05) is 35.9 Å². The van der Waals surface area contributed by atoms with Crippen molar-refractivity contribution in [3.05, 3.63) is 58.6 Å². The van der Waals surface area contributed by atoms with Gasteiger partial charge in [0.1, 0.15) is 6.61 Å². The second-order valence-electron chi connectivity index (χ2n) is 6.19. The molecule has 7 heteroatoms. The Balaban J connectivity index is 1.46. The van der Waals surface area contributed by atoms with Crippen LogP contribution in [0.25, 0.3) is 0 Å². The summed E-state index contributed by atoms with van der Waals surface area (Å²) in [6.45, 7) is 0.940. The molecular weight excluding hydrogens is 368 g/mol. The van der Waals surface area contributed by atoms with Gasteiger partial charge in [-0.3, -0.25) is 9.59 Å². The van der Waals surface area contributed by atoms with Gasteiger partial charge in [0.25, 0.3) is 5.91 Å². The molecule has 1 atom stereocenters. The summed E-state index contributed by atoms with van der Waals surface area (Å²) in [5.74, 6) is 0.737. The van der Waals surface area contributed by atoms with Crippen LogP contribution in [-0.2, 0) is 11.2 Å². The fourth-order valence-electron chi connectivity index (χ4n) is 2.97. The smallest absolute Gasteiger partial charge is 0.252 e. The maximum atomic E-state index is 12.4. The first kappa shape index (κ1) is 19.0. The first-order valence-electron chi connectivity index (χ1n) is 8.69. The van der Waals surface area contributed by atoms with Gasteiger partial charge < -0.3 is 20.1 Å². The molecule has 2 amide bonds. The fraction of sp³-hybridized carbons (Fsp3) is 0.300. The van der Waals surface area contributed by atoms with E-state index in [4.69, 9.17) is 21.1 Å². The number of carbonyl (C=O) groups excluding carboxylic acids is 2. The molecule has 0 spiro atoms. The lowest BCUT2D eigenvalue weighted by Gasteiger charge is -2.25. The Labute approximate surface area is 162 Å². The SMILES string of the molecule is COc1cccc2c1OCC(C(=O)NCCNC(=O)c1ccccc1Cl)C2. The molecule has 2 aromatic rings. The van der Waals surface area contributed by atoms with E-state index in [-0.39, 0.29) is 17.7 Å². The highest BCUT2D eigenvalue weighted by Gasteiger charge is 2.27. The van der Waals surface area contributed by atoms with Crippen LogP contribution in [0.2, 0.25) is 5.02 Å². The highest BCUT2D eigenvalue weighted by molar-refractivity contribution is 6.33. The second-order valence-corrected chi connectivity index (χ2v) is 6.59. The summed E-state index contributed by atoms with van der Waals surface area (Å²) in [5.41, 5.74) is 1.37. The Morgan fingerprint density at radius 1 is 1.15 bits per heavy atom. The molecule has 1 aliphatic heterocycles. The van der Waals surface area contributed by atoms with Gasteiger partial charge in [0, 0.05) is 13.1 Å². The molecular formula is C20H21ClN2O4. The number of benzene rings is 2. The summed E-state index contributed by atoms with van der Waals surface area (Å²) in [5, 5.41) is 5.97. The lowest BCUT2D eigenvalue weighted by atomic mass is 9.95. The van der Waals surface area contributed by atoms with Crippen LogP contribution >= 0.6 is 11.6 Å². The van der Waals surface area contributed by atoms with Crippen molar-refractivity contribution in [3.8, 4) is 11.5 Å². The molecule has 0 fully saturated rings. The van der Waals surface area contributed by atoms with E-state index in [0.29, 0.717) is 48.2 Å². The maximum Gasteiger partial charge on any atom is 0.252 e. The van der Waals surface area contributed by atoms with Gasteiger partial charge in [0.2, 0.25) is 5.91 Å². The summed E-state index contributed by atoms with van der Waals surface area (Å²) < 4.78 is 11.0. The molecule has 0 radical (unpaired) electrons. The van der Waals surface area contributed by atoms with Gasteiger partial charge in [0.15, 0.2) is 11.5 Å². The van der Waals surface area contributed by atoms with Crippen LogP contribution in [0.15, 0.2) is 42.5 Å². The third-order valence-corrected chi connectivity index (χ3v) is 4.70. The minimum atomic E-state index is -0.274. The highest BCUT2D eigenvalue weighted by atomic mass is 35.5. The highest BCUT2D eigenvalue weighted by Crippen LogP contribution is 2.35. The summed E-state index contributed by atoms with van der Waals surface area (Å²) >= 11 is 5.99. The van der Waals surface area contributed by atoms with Crippen LogP contribution in [-0.4, -0.2) is 38.6 Å². The van der Waals surface area contributed by atoms with E-state index in [1.807, 2.05) is 18.2 Å². The number of nitrogens with one attached hydrogen (secondary N) is 2. The second kappa shape index (κ2) is 8.77. The molecule has 1 unspecified atom stereocenters. The Morgan fingerprint density at radius 2 is 1.93 bits per heavy atom. The molecule has 142 valence electrons. The molecule has 0 bridgehead atoms. The number of carbonyl (C=O) groups is 2. The average molecular weight is 389 g/mol. The van der Waals surface area contributed by atoms with Gasteiger partial charge in [-0.25, -0.2) is 0 Å². The number of rotatable bonds is 6. The molecule has 2 aromatic carbocycles. The Kier molecular flexibility index (Phi) is 6.19. The van der Waals surface area contributed by atoms with E-state index in [0.717, 1.165) is 5.56 Å². The molecule has 3 rings (SSSR count). The van der Waals surface area contributed by atoms with Crippen LogP contribution in [0.4, 0.5) is 0 Å². The third-order valence-electron chi connectivity index (χ3n) is 4.37. The standard InChI is InChI=1S/C20H21ClN2O4/c1-26-17-8-4-5-13-11-14(12-27-18(13)17)19(24)22-9-10-23-20(25)15-6-2-3-7-16(15)21/h2-8,14H,9-12H2,1H3,(H,22,24)(H,23,25). The summed E-state index contributed by atoms with van der Waals surface area (Å²) in [6, 6.07) is 12.5. The Morgan fingerprint density at radius 3 is 2.70 bits per heavy atom. The van der Waals surface area contributed by atoms with Crippen LogP contribution in [0, 0.1) is 5.92 Å². The molecule has 0 aromatic heterocycles. The van der Waals surface area contributed by atoms with E-state index in [1.165, 1.54) is 0 Å². The first-order valence-corrected chi connectivity index (χ1v) is 9.07. The number of hydrogen-bond acceptors (Lipinski definition) is 4. The van der Waals surface area contributed by atoms with Crippen molar-refractivity contribution in [1.29, 1.82) is 0 Å². The first-order chi connectivity index (χ1) is 13.1. The Bertz CT molecular complexity index is 840. The molecule has 0 saturated heterocycles. The van der Waals surface area contributed by atoms with Gasteiger partial charge in [-0.2, -0.15) is 0 Å². The van der Waals surface area contributed by atoms with E-state index in [9.17, 15) is 9.59 Å². The van der Waals surface area contributed by atoms with E-state index < -0.39 is 0 Å². The van der Waals surface area contributed by atoms with Gasteiger partial charge in [-0.05, 0) is 30.2 Å². The topological polar surface area (TPSA) is 76.7 Å². The van der Waals surface area contributed by atoms with Crippen LogP contribution < -0.4 is 20.1 Å². The van der Waals surface area contributed by atoms with Crippen molar-refractivity contribution >= 4 is 23.4 Å². The molecule has 1 aliphatic rings. The zero-order valence-electron chi connectivity index (χ0n) is 15.0. The van der Waals surface area contributed by atoms with Crippen LogP contribution in [0.1, 0.15) is 15.9 Å². The third kappa shape index (κ3) is 4.52. The molecule has 1 heterocycles. The zero-order valence-corrected chi connectivity index (χ0v) is 15.7. The summed E-state index contributed by atoms with van der Waals surface area (Å²) in [7, 11) is 1.59. The quantitative estimate of drug-likeness (QED) is 0.745. The van der Waals surface area contributed by atoms with Crippen molar-refractivity contribution < 1.29 is 19.1 Å². The van der Waals surface area contributed by atoms with E-state index in [2.05, 4.69) is 10.6 Å². The molecule has 6 nitrogen and oxygen atoms in total. The lowest BCUT2D eigenvalue weighted by Crippen LogP contribution is -2.41. The number of halogens is 1. The van der Waals surface area contributed by atoms with Crippen molar-refractivity contribution in [1.82, 2.24) is 10.6 Å². The minimum absolute atomic E-state index is 0.101. The average Bonchev–Trinajstić information content (AvgIpc) is 2.70. The van der Waals surface area contributed by atoms with Gasteiger partial charge in [0.05, 0.1) is 23.6 Å². The molecule has 2 N–H and O–H groups in total. The fourth-order valence-corrected chi connectivity index (χ4v) is 3.19. The normalized spacial score (nSPS) is 15.3. The van der Waals surface area contributed by atoms with Crippen LogP contribution in [0.5, 0.6) is 11.5 Å². The number of para-hydroxylation sites is 1. The minimum Gasteiger partial charge on any atom is -0.493 e. The van der Waals surface area contributed by atoms with Crippen LogP contribution in [0.3, 0.4) is 0 Å². The van der Waals surface area contributed by atoms with Crippen molar-refractivity contribution in [2.75, 3.05) is 26.8 Å². The zero-order chi connectivity index (χ0) is 19.2.